The lowest BCUT2D eigenvalue weighted by atomic mass is 9.62. The zero-order valence-electron chi connectivity index (χ0n) is 91.3. The molecular weight excluding hydrogens is 1180 g/mol. The van der Waals surface area contributed by atoms with Crippen LogP contribution in [0, 0.1) is 6.33 Å². The second kappa shape index (κ2) is 22.9. The number of benzene rings is 10. The van der Waals surface area contributed by atoms with Gasteiger partial charge in [0.1, 0.15) is 17.3 Å². The van der Waals surface area contributed by atoms with Crippen LogP contribution in [0.25, 0.3) is 72.3 Å². The number of rotatable bonds is 11. The minimum absolute atomic E-state index is 0.0435. The molecule has 2 aliphatic carbocycles. The maximum absolute atomic E-state index is 10.7. The molecule has 5 nitrogen and oxygen atoms in total. The third kappa shape index (κ3) is 10.7. The fourth-order valence-electron chi connectivity index (χ4n) is 13.4. The van der Waals surface area contributed by atoms with Crippen molar-refractivity contribution in [2.45, 2.75) is 154 Å². The summed E-state index contributed by atoms with van der Waals surface area (Å²) in [6.07, 6.45) is -14.5. The third-order valence-electron chi connectivity index (χ3n) is 18.2. The van der Waals surface area contributed by atoms with Gasteiger partial charge in [0.05, 0.1) is 41.7 Å². The molecule has 0 bridgehead atoms. The molecule has 96 heavy (non-hydrogen) atoms. The van der Waals surface area contributed by atoms with Gasteiger partial charge >= 0.3 is 0 Å². The molecule has 2 aliphatic rings. The number of imidazole rings is 1. The summed E-state index contributed by atoms with van der Waals surface area (Å²) in [6, 6.07) is 51.1. The Hall–Kier alpha value is -9.36. The van der Waals surface area contributed by atoms with Gasteiger partial charge in [-0.3, -0.25) is 13.7 Å². The van der Waals surface area contributed by atoms with Gasteiger partial charge in [0.15, 0.2) is 8.07 Å². The van der Waals surface area contributed by atoms with Crippen molar-refractivity contribution in [3.05, 3.63) is 282 Å². The van der Waals surface area contributed by atoms with Crippen LogP contribution in [0.4, 0.5) is 0 Å². The summed E-state index contributed by atoms with van der Waals surface area (Å²) in [7, 11) is -3.16. The molecule has 0 saturated heterocycles. The molecule has 6 heteroatoms. The number of hydrogen-bond acceptors (Lipinski definition) is 2. The molecule has 480 valence electrons. The highest BCUT2D eigenvalue weighted by atomic mass is 28.3. The predicted octanol–water partition coefficient (Wildman–Crippen LogP) is 20.0. The van der Waals surface area contributed by atoms with Gasteiger partial charge in [-0.2, -0.15) is 0 Å². The molecule has 0 radical (unpaired) electrons. The SMILES string of the molecule is [2H]c1c([2H])c2c(c([2H])c1-c1cc(C(C)(C)C)cc(-c3c([2H])c([2H])c4c(c3[2H])C(C([2H])([2H])[2H])(C([2H])([2H])[2H])C([2H])([2H])C([2H])([2H])C4(C([2H])([2H])[2H])C([2H])([2H])[2H])c1-[n+]1[c-]n(-c3cccc(Oc4ccc5c6cc([Si](c7ccccc7)(c7ccccc7)c7ccccc7)ccc6n(-c6cc(C(C)(C)C)ccn6)c5c4)c3)c3ccccc31)C(C([2H])([2H])[2H])(C([2H])([2H])[2H])C([2H])([2H])C([2H])([2H])C2(C([2H])([2H])[2H])C([2H])([2H])[2H]. The van der Waals surface area contributed by atoms with Crippen molar-refractivity contribution in [2.75, 3.05) is 0 Å². The number of nitrogens with zero attached hydrogens (tertiary/aromatic N) is 4. The van der Waals surface area contributed by atoms with Crippen LogP contribution in [0.2, 0.25) is 0 Å². The largest absolute Gasteiger partial charge is 0.458 e. The van der Waals surface area contributed by atoms with Crippen molar-refractivity contribution < 1.29 is 61.4 Å². The fourth-order valence-corrected chi connectivity index (χ4v) is 18.1. The Bertz CT molecular complexity index is 6560. The van der Waals surface area contributed by atoms with E-state index in [2.05, 4.69) is 86.3 Å². The highest BCUT2D eigenvalue weighted by Crippen LogP contribution is 2.51. The maximum Gasteiger partial charge on any atom is 0.269 e. The molecule has 13 aromatic rings. The first-order valence-corrected chi connectivity index (χ1v) is 33.4. The van der Waals surface area contributed by atoms with E-state index in [1.807, 2.05) is 78.9 Å². The number of ether oxygens (including phenoxy) is 1. The minimum atomic E-state index is -4.88. The molecule has 10 aromatic carbocycles. The average Bonchev–Trinajstić information content (AvgIpc) is 0.636. The summed E-state index contributed by atoms with van der Waals surface area (Å²) >= 11 is 0. The highest BCUT2D eigenvalue weighted by molar-refractivity contribution is 7.20. The van der Waals surface area contributed by atoms with Gasteiger partial charge in [-0.05, 0) is 183 Å². The van der Waals surface area contributed by atoms with Gasteiger partial charge in [-0.15, -0.1) is 0 Å². The molecule has 0 spiro atoms. The zero-order valence-corrected chi connectivity index (χ0v) is 54.3. The summed E-state index contributed by atoms with van der Waals surface area (Å²) in [5.41, 5.74) is -31.4. The van der Waals surface area contributed by atoms with E-state index < -0.39 is 202 Å². The first-order valence-electron chi connectivity index (χ1n) is 50.4. The number of fused-ring (bicyclic) bond motifs is 6. The summed E-state index contributed by atoms with van der Waals surface area (Å²) in [6.45, 7) is -25.9. The van der Waals surface area contributed by atoms with Crippen LogP contribution in [0.15, 0.2) is 243 Å². The van der Waals surface area contributed by atoms with Crippen LogP contribution in [0.3, 0.4) is 0 Å². The van der Waals surface area contributed by atoms with E-state index in [-0.39, 0.29) is 39.2 Å². The normalized spacial score (nSPS) is 24.7. The van der Waals surface area contributed by atoms with Crippen molar-refractivity contribution in [1.29, 1.82) is 0 Å². The Balaban J connectivity index is 1.07. The van der Waals surface area contributed by atoms with Crippen LogP contribution < -0.4 is 30.1 Å². The number of aromatic nitrogens is 4. The Morgan fingerprint density at radius 1 is 0.479 bits per heavy atom. The van der Waals surface area contributed by atoms with Crippen LogP contribution in [0.5, 0.6) is 11.5 Å². The van der Waals surface area contributed by atoms with Gasteiger partial charge in [-0.25, -0.2) is 4.98 Å². The van der Waals surface area contributed by atoms with Gasteiger partial charge in [0.2, 0.25) is 0 Å². The topological polar surface area (TPSA) is 35.9 Å². The van der Waals surface area contributed by atoms with Crippen LogP contribution in [-0.2, 0) is 32.5 Å². The Labute approximate surface area is 623 Å². The highest BCUT2D eigenvalue weighted by Gasteiger charge is 2.43. The quantitative estimate of drug-likeness (QED) is 0.0560. The summed E-state index contributed by atoms with van der Waals surface area (Å²) in [5.74, 6) is 0.958. The van der Waals surface area contributed by atoms with Gasteiger partial charge in [0, 0.05) is 66.9 Å². The molecule has 3 heterocycles. The van der Waals surface area contributed by atoms with E-state index in [1.54, 1.807) is 30.5 Å². The first-order chi connectivity index (χ1) is 61.4. The van der Waals surface area contributed by atoms with Gasteiger partial charge in [-0.1, -0.05) is 278 Å². The monoisotopic (exact) mass is 1310 g/mol. The molecule has 15 rings (SSSR count). The molecule has 3 aromatic heterocycles. The smallest absolute Gasteiger partial charge is 0.269 e. The maximum atomic E-state index is 10.7. The van der Waals surface area contributed by atoms with Gasteiger partial charge < -0.3 is 4.74 Å². The van der Waals surface area contributed by atoms with E-state index in [0.717, 1.165) is 59.3 Å². The number of hydrogen-bond donors (Lipinski definition) is 0. The summed E-state index contributed by atoms with van der Waals surface area (Å²) in [5, 5.41) is 6.15. The lowest BCUT2D eigenvalue weighted by Crippen LogP contribution is -2.74. The van der Waals surface area contributed by atoms with Crippen LogP contribution >= 0.6 is 0 Å². The molecular formula is C90H90N4OSi. The standard InChI is InChI=1S/C90H90N4OSi/c1-85(2,3)62-45-50-91-83(55-62)94-79-44-40-70(96(67-29-18-15-19-30-67,68-31-20-16-21-32-68)69-33-22-17-23-34-69)58-74(79)71-41-39-66(57-82(71)94)95-65-28-26-27-64(56-65)92-59-93(81-36-25-24-35-80(81)92)84-72(60-37-42-75-77(51-60)89(11,12)48-46-87(75,7)8)53-63(86(4,5)6)54-73(84)61-38-43-76-78(52-61)90(13,14)49-47-88(76,9)10/h15-45,50-58H,46-49H2,1-14H3/i7D3,8D3,9D3,10D3,11D3,12D3,13D3,14D3,37D,38D,42D,43D,46D2,47D2,48D2,49D2,51D,52D. The van der Waals surface area contributed by atoms with Crippen LogP contribution in [0.1, 0.15) is 207 Å². The lowest BCUT2D eigenvalue weighted by molar-refractivity contribution is -0.571. The molecule has 0 aliphatic heterocycles. The Morgan fingerprint density at radius 2 is 1.01 bits per heavy atom. The van der Waals surface area contributed by atoms with E-state index in [1.165, 1.54) is 55.7 Å². The molecule has 0 amide bonds. The molecule has 0 saturated carbocycles. The van der Waals surface area contributed by atoms with E-state index in [0.29, 0.717) is 11.3 Å². The minimum Gasteiger partial charge on any atom is -0.458 e. The second-order valence-corrected chi connectivity index (χ2v) is 30.6. The Morgan fingerprint density at radius 3 is 1.56 bits per heavy atom. The number of para-hydroxylation sites is 2. The van der Waals surface area contributed by atoms with Crippen molar-refractivity contribution in [1.82, 2.24) is 14.1 Å². The summed E-state index contributed by atoms with van der Waals surface area (Å²) in [4.78, 5) is 5.00. The molecule has 0 N–H and O–H groups in total. The summed E-state index contributed by atoms with van der Waals surface area (Å²) < 4.78 is 372. The van der Waals surface area contributed by atoms with Crippen LogP contribution in [-0.4, -0.2) is 22.2 Å². The third-order valence-corrected chi connectivity index (χ3v) is 23.0. The molecule has 0 atom stereocenters. The first kappa shape index (κ1) is 33.1. The second-order valence-electron chi connectivity index (χ2n) is 26.8. The average molecular weight is 1310 g/mol. The van der Waals surface area contributed by atoms with Crippen molar-refractivity contribution in [2.24, 2.45) is 0 Å². The Kier molecular flexibility index (Phi) is 7.89. The fraction of sp³-hybridized carbons (Fsp3) is 0.267. The molecule has 0 fully saturated rings. The van der Waals surface area contributed by atoms with Crippen molar-refractivity contribution >= 4 is 61.7 Å². The van der Waals surface area contributed by atoms with E-state index in [9.17, 15) is 35.6 Å². The van der Waals surface area contributed by atoms with Crippen molar-refractivity contribution in [3.63, 3.8) is 0 Å². The van der Waals surface area contributed by atoms with Crippen molar-refractivity contribution in [3.8, 4) is 50.9 Å². The van der Waals surface area contributed by atoms with E-state index >= 15 is 0 Å². The van der Waals surface area contributed by atoms with E-state index in [4.69, 9.17) is 26.2 Å². The predicted molar refractivity (Wildman–Crippen MR) is 405 cm³/mol. The lowest BCUT2D eigenvalue weighted by Gasteiger charge is -2.42. The molecule has 0 unspecified atom stereocenters. The van der Waals surface area contributed by atoms with Gasteiger partial charge in [0.25, 0.3) is 6.33 Å². The zero-order chi connectivity index (χ0) is 99.3. The number of pyridine rings is 1.